The maximum Gasteiger partial charge on any atom is 0.406 e. The summed E-state index contributed by atoms with van der Waals surface area (Å²) in [4.78, 5) is 16.3. The molecule has 0 unspecified atom stereocenters. The summed E-state index contributed by atoms with van der Waals surface area (Å²) in [6.45, 7) is 0.306. The number of nitrogens with zero attached hydrogens (tertiary/aromatic N) is 2. The summed E-state index contributed by atoms with van der Waals surface area (Å²) in [5.74, 6) is 4.63. The third-order valence-corrected chi connectivity index (χ3v) is 2.11. The molecule has 18 heavy (non-hydrogen) atoms. The van der Waals surface area contributed by atoms with E-state index in [-0.39, 0.29) is 11.4 Å². The maximum absolute atomic E-state index is 12.2. The van der Waals surface area contributed by atoms with E-state index in [0.717, 1.165) is 7.05 Å². The summed E-state index contributed by atoms with van der Waals surface area (Å²) >= 11 is 0. The van der Waals surface area contributed by atoms with E-state index in [4.69, 9.17) is 5.84 Å². The summed E-state index contributed by atoms with van der Waals surface area (Å²) in [6.07, 6.45) is -4.43. The van der Waals surface area contributed by atoms with Crippen LogP contribution in [0.15, 0.2) is 12.1 Å². The maximum atomic E-state index is 12.2. The molecule has 0 aromatic carbocycles. The fraction of sp³-hybridized carbons (Fsp3) is 0.400. The zero-order valence-electron chi connectivity index (χ0n) is 9.88. The number of alkyl halides is 3. The van der Waals surface area contributed by atoms with Crippen LogP contribution >= 0.6 is 0 Å². The molecule has 1 aromatic heterocycles. The van der Waals surface area contributed by atoms with E-state index < -0.39 is 18.6 Å². The molecule has 0 fully saturated rings. The average molecular weight is 262 g/mol. The predicted molar refractivity (Wildman–Crippen MR) is 59.8 cm³/mol. The molecule has 0 spiro atoms. The molecule has 100 valence electrons. The van der Waals surface area contributed by atoms with Gasteiger partial charge in [0.1, 0.15) is 12.4 Å². The van der Waals surface area contributed by atoms with Gasteiger partial charge in [0, 0.05) is 18.3 Å². The van der Waals surface area contributed by atoms with Crippen molar-refractivity contribution in [3.05, 3.63) is 23.4 Å². The fourth-order valence-electron chi connectivity index (χ4n) is 1.43. The Hall–Kier alpha value is -1.83. The molecule has 5 nitrogen and oxygen atoms in total. The van der Waals surface area contributed by atoms with Gasteiger partial charge in [-0.1, -0.05) is 0 Å². The van der Waals surface area contributed by atoms with Crippen molar-refractivity contribution in [2.75, 3.05) is 19.0 Å². The second-order valence-corrected chi connectivity index (χ2v) is 3.80. The van der Waals surface area contributed by atoms with E-state index in [1.165, 1.54) is 12.1 Å². The molecule has 0 aliphatic heterocycles. The van der Waals surface area contributed by atoms with E-state index in [9.17, 15) is 18.0 Å². The number of nitrogens with one attached hydrogen (secondary N) is 1. The van der Waals surface area contributed by atoms with Crippen LogP contribution < -0.4 is 11.3 Å². The van der Waals surface area contributed by atoms with Crippen LogP contribution in [0.3, 0.4) is 0 Å². The first-order valence-corrected chi connectivity index (χ1v) is 5.00. The quantitative estimate of drug-likeness (QED) is 0.636. The fourth-order valence-corrected chi connectivity index (χ4v) is 1.43. The Bertz CT molecular complexity index is 447. The summed E-state index contributed by atoms with van der Waals surface area (Å²) in [6, 6.07) is 2.69. The molecular weight excluding hydrogens is 249 g/mol. The Kier molecular flexibility index (Phi) is 4.12. The first-order chi connectivity index (χ1) is 8.23. The molecule has 0 aliphatic rings. The lowest BCUT2D eigenvalue weighted by molar-refractivity contribution is -0.138. The highest BCUT2D eigenvalue weighted by molar-refractivity contribution is 5.94. The number of anilines is 1. The lowest BCUT2D eigenvalue weighted by Crippen LogP contribution is -2.35. The normalized spacial score (nSPS) is 11.2. The Morgan fingerprint density at radius 2 is 2.11 bits per heavy atom. The number of halogens is 3. The molecule has 0 saturated carbocycles. The van der Waals surface area contributed by atoms with Crippen LogP contribution in [-0.4, -0.2) is 35.6 Å². The van der Waals surface area contributed by atoms with Gasteiger partial charge in [-0.15, -0.1) is 0 Å². The standard InChI is InChI=1S/C10H13F3N4O/c1-6-3-7(4-8(15-6)16-14)9(18)17(2)5-10(11,12)13/h3-4H,5,14H2,1-2H3,(H,15,16). The summed E-state index contributed by atoms with van der Waals surface area (Å²) in [7, 11) is 1.08. The molecular formula is C10H13F3N4O. The van der Waals surface area contributed by atoms with Crippen LogP contribution in [-0.2, 0) is 0 Å². The number of carbonyl (C=O) groups excluding carboxylic acids is 1. The van der Waals surface area contributed by atoms with E-state index >= 15 is 0 Å². The first-order valence-electron chi connectivity index (χ1n) is 5.00. The number of aromatic nitrogens is 1. The topological polar surface area (TPSA) is 71.2 Å². The SMILES string of the molecule is Cc1cc(C(=O)N(C)CC(F)(F)F)cc(NN)n1. The number of hydrogen-bond donors (Lipinski definition) is 2. The van der Waals surface area contributed by atoms with Crippen molar-refractivity contribution in [3.8, 4) is 0 Å². The van der Waals surface area contributed by atoms with Gasteiger partial charge in [-0.25, -0.2) is 10.8 Å². The van der Waals surface area contributed by atoms with Gasteiger partial charge in [0.25, 0.3) is 5.91 Å². The molecule has 3 N–H and O–H groups in total. The van der Waals surface area contributed by atoms with Crippen LogP contribution in [0, 0.1) is 6.92 Å². The van der Waals surface area contributed by atoms with Crippen LogP contribution in [0.1, 0.15) is 16.1 Å². The van der Waals surface area contributed by atoms with E-state index in [1.807, 2.05) is 0 Å². The summed E-state index contributed by atoms with van der Waals surface area (Å²) in [5, 5.41) is 0. The zero-order chi connectivity index (χ0) is 13.9. The van der Waals surface area contributed by atoms with Gasteiger partial charge in [-0.05, 0) is 19.1 Å². The minimum Gasteiger partial charge on any atom is -0.333 e. The molecule has 0 radical (unpaired) electrons. The van der Waals surface area contributed by atoms with E-state index in [2.05, 4.69) is 10.4 Å². The molecule has 0 bridgehead atoms. The first kappa shape index (κ1) is 14.2. The largest absolute Gasteiger partial charge is 0.406 e. The number of carbonyl (C=O) groups is 1. The van der Waals surface area contributed by atoms with Gasteiger partial charge in [0.2, 0.25) is 0 Å². The number of amides is 1. The number of nitrogen functional groups attached to an aromatic ring is 1. The van der Waals surface area contributed by atoms with Crippen LogP contribution in [0.4, 0.5) is 19.0 Å². The van der Waals surface area contributed by atoms with Gasteiger partial charge >= 0.3 is 6.18 Å². The molecule has 1 rings (SSSR count). The monoisotopic (exact) mass is 262 g/mol. The predicted octanol–water partition coefficient (Wildman–Crippen LogP) is 1.31. The van der Waals surface area contributed by atoms with Crippen LogP contribution in [0.5, 0.6) is 0 Å². The Labute approximate surface area is 102 Å². The van der Waals surface area contributed by atoms with Crippen molar-refractivity contribution in [1.82, 2.24) is 9.88 Å². The second kappa shape index (κ2) is 5.21. The van der Waals surface area contributed by atoms with E-state index in [1.54, 1.807) is 6.92 Å². The highest BCUT2D eigenvalue weighted by Gasteiger charge is 2.31. The third kappa shape index (κ3) is 3.88. The van der Waals surface area contributed by atoms with Crippen molar-refractivity contribution < 1.29 is 18.0 Å². The molecule has 1 amide bonds. The van der Waals surface area contributed by atoms with Crippen molar-refractivity contribution >= 4 is 11.7 Å². The Morgan fingerprint density at radius 3 is 2.61 bits per heavy atom. The van der Waals surface area contributed by atoms with E-state index in [0.29, 0.717) is 10.6 Å². The minimum absolute atomic E-state index is 0.0993. The second-order valence-electron chi connectivity index (χ2n) is 3.80. The number of pyridine rings is 1. The summed E-state index contributed by atoms with van der Waals surface area (Å²) in [5.41, 5.74) is 2.83. The van der Waals surface area contributed by atoms with Crippen LogP contribution in [0.2, 0.25) is 0 Å². The highest BCUT2D eigenvalue weighted by Crippen LogP contribution is 2.18. The van der Waals surface area contributed by atoms with Crippen molar-refractivity contribution in [2.45, 2.75) is 13.1 Å². The van der Waals surface area contributed by atoms with Crippen molar-refractivity contribution in [3.63, 3.8) is 0 Å². The van der Waals surface area contributed by atoms with Gasteiger partial charge in [-0.3, -0.25) is 4.79 Å². The molecule has 1 heterocycles. The summed E-state index contributed by atoms with van der Waals surface area (Å²) < 4.78 is 36.5. The molecule has 8 heteroatoms. The van der Waals surface area contributed by atoms with Crippen molar-refractivity contribution in [2.24, 2.45) is 5.84 Å². The van der Waals surface area contributed by atoms with Crippen LogP contribution in [0.25, 0.3) is 0 Å². The number of nitrogens with two attached hydrogens (primary N) is 1. The number of aryl methyl sites for hydroxylation is 1. The van der Waals surface area contributed by atoms with Gasteiger partial charge in [-0.2, -0.15) is 13.2 Å². The minimum atomic E-state index is -4.43. The third-order valence-electron chi connectivity index (χ3n) is 2.11. The number of rotatable bonds is 3. The smallest absolute Gasteiger partial charge is 0.333 e. The number of hydrogen-bond acceptors (Lipinski definition) is 4. The highest BCUT2D eigenvalue weighted by atomic mass is 19.4. The lowest BCUT2D eigenvalue weighted by Gasteiger charge is -2.19. The molecule has 0 saturated heterocycles. The molecule has 0 aliphatic carbocycles. The zero-order valence-corrected chi connectivity index (χ0v) is 9.88. The van der Waals surface area contributed by atoms with Gasteiger partial charge in [0.15, 0.2) is 0 Å². The number of hydrazine groups is 1. The van der Waals surface area contributed by atoms with Gasteiger partial charge < -0.3 is 10.3 Å². The lowest BCUT2D eigenvalue weighted by atomic mass is 10.2. The van der Waals surface area contributed by atoms with Crippen molar-refractivity contribution in [1.29, 1.82) is 0 Å². The van der Waals surface area contributed by atoms with Gasteiger partial charge in [0.05, 0.1) is 0 Å². The molecule has 1 aromatic rings. The molecule has 0 atom stereocenters. The average Bonchev–Trinajstić information content (AvgIpc) is 2.24. The Morgan fingerprint density at radius 1 is 1.50 bits per heavy atom. The Balaban J connectivity index is 2.93.